The first kappa shape index (κ1) is 9.92. The molecular weight excluding hydrogens is 200 g/mol. The van der Waals surface area contributed by atoms with E-state index in [2.05, 4.69) is 0 Å². The van der Waals surface area contributed by atoms with Crippen LogP contribution in [0.15, 0.2) is 12.1 Å². The van der Waals surface area contributed by atoms with Gasteiger partial charge < -0.3 is 5.73 Å². The van der Waals surface area contributed by atoms with Gasteiger partial charge in [-0.2, -0.15) is 0 Å². The van der Waals surface area contributed by atoms with Crippen molar-refractivity contribution >= 4 is 23.1 Å². The third-order valence-corrected chi connectivity index (χ3v) is 1.75. The molecule has 0 radical (unpaired) electrons. The van der Waals surface area contributed by atoms with Crippen LogP contribution in [0.2, 0.25) is 0 Å². The summed E-state index contributed by atoms with van der Waals surface area (Å²) in [6.45, 7) is 0. The number of alkyl halides is 1. The topological polar surface area (TPSA) is 43.1 Å². The monoisotopic (exact) mass is 205 g/mol. The van der Waals surface area contributed by atoms with Gasteiger partial charge in [-0.3, -0.25) is 4.79 Å². The van der Waals surface area contributed by atoms with E-state index in [1.165, 1.54) is 0 Å². The van der Waals surface area contributed by atoms with Crippen LogP contribution < -0.4 is 5.73 Å². The predicted molar refractivity (Wildman–Crippen MR) is 45.8 cm³/mol. The molecule has 0 aliphatic rings. The minimum atomic E-state index is -0.947. The van der Waals surface area contributed by atoms with Gasteiger partial charge in [-0.25, -0.2) is 8.78 Å². The standard InChI is InChI=1S/C8H6ClF2NO/c9-3-8(13)4-1-7(12)6(11)2-5(4)10/h1-2H,3,12H2. The number of nitrogen functional groups attached to an aromatic ring is 1. The van der Waals surface area contributed by atoms with E-state index in [0.717, 1.165) is 6.07 Å². The number of halogens is 3. The highest BCUT2D eigenvalue weighted by Crippen LogP contribution is 2.17. The first-order valence-corrected chi connectivity index (χ1v) is 3.93. The average molecular weight is 206 g/mol. The Labute approximate surface area is 78.3 Å². The highest BCUT2D eigenvalue weighted by atomic mass is 35.5. The van der Waals surface area contributed by atoms with Crippen LogP contribution >= 0.6 is 11.6 Å². The maximum Gasteiger partial charge on any atom is 0.180 e. The van der Waals surface area contributed by atoms with Crippen LogP contribution in [0, 0.1) is 11.6 Å². The molecule has 0 atom stereocenters. The third-order valence-electron chi connectivity index (χ3n) is 1.51. The van der Waals surface area contributed by atoms with Crippen LogP contribution in [0.5, 0.6) is 0 Å². The molecule has 13 heavy (non-hydrogen) atoms. The van der Waals surface area contributed by atoms with Gasteiger partial charge in [0.15, 0.2) is 5.78 Å². The van der Waals surface area contributed by atoms with Crippen molar-refractivity contribution in [3.05, 3.63) is 29.3 Å². The molecule has 2 nitrogen and oxygen atoms in total. The van der Waals surface area contributed by atoms with E-state index < -0.39 is 17.4 Å². The normalized spacial score (nSPS) is 10.1. The van der Waals surface area contributed by atoms with Crippen LogP contribution in [0.3, 0.4) is 0 Å². The van der Waals surface area contributed by atoms with Crippen molar-refractivity contribution in [1.29, 1.82) is 0 Å². The Morgan fingerprint density at radius 2 is 2.00 bits per heavy atom. The number of benzene rings is 1. The van der Waals surface area contributed by atoms with Crippen LogP contribution in [-0.4, -0.2) is 11.7 Å². The molecule has 0 bridgehead atoms. The van der Waals surface area contributed by atoms with Crippen molar-refractivity contribution in [1.82, 2.24) is 0 Å². The summed E-state index contributed by atoms with van der Waals surface area (Å²) in [4.78, 5) is 10.9. The van der Waals surface area contributed by atoms with E-state index >= 15 is 0 Å². The molecule has 0 fully saturated rings. The summed E-state index contributed by atoms with van der Waals surface area (Å²) in [5.41, 5.74) is 4.59. The van der Waals surface area contributed by atoms with Crippen LogP contribution in [0.25, 0.3) is 0 Å². The minimum absolute atomic E-state index is 0.269. The molecule has 0 amide bonds. The quantitative estimate of drug-likeness (QED) is 0.456. The SMILES string of the molecule is Nc1cc(C(=O)CCl)c(F)cc1F. The van der Waals surface area contributed by atoms with E-state index in [-0.39, 0.29) is 17.1 Å². The van der Waals surface area contributed by atoms with Crippen molar-refractivity contribution in [3.63, 3.8) is 0 Å². The van der Waals surface area contributed by atoms with E-state index in [0.29, 0.717) is 6.07 Å². The number of rotatable bonds is 2. The molecule has 0 spiro atoms. The fraction of sp³-hybridized carbons (Fsp3) is 0.125. The van der Waals surface area contributed by atoms with Crippen LogP contribution in [0.4, 0.5) is 14.5 Å². The van der Waals surface area contributed by atoms with Gasteiger partial charge in [0.2, 0.25) is 0 Å². The van der Waals surface area contributed by atoms with Crippen molar-refractivity contribution in [2.45, 2.75) is 0 Å². The lowest BCUT2D eigenvalue weighted by Crippen LogP contribution is -2.06. The lowest BCUT2D eigenvalue weighted by atomic mass is 10.1. The number of hydrogen-bond acceptors (Lipinski definition) is 2. The molecule has 0 saturated carbocycles. The number of Topliss-reactive ketones (excluding diaryl/α,β-unsaturated/α-hetero) is 1. The second-order valence-corrected chi connectivity index (χ2v) is 2.68. The number of hydrogen-bond donors (Lipinski definition) is 1. The zero-order chi connectivity index (χ0) is 10.0. The van der Waals surface area contributed by atoms with Crippen molar-refractivity contribution in [2.75, 3.05) is 11.6 Å². The first-order chi connectivity index (χ1) is 6.06. The fourth-order valence-electron chi connectivity index (χ4n) is 0.851. The number of ketones is 1. The molecule has 0 heterocycles. The van der Waals surface area contributed by atoms with E-state index in [1.54, 1.807) is 0 Å². The first-order valence-electron chi connectivity index (χ1n) is 3.40. The summed E-state index contributed by atoms with van der Waals surface area (Å²) < 4.78 is 25.5. The molecule has 0 unspecified atom stereocenters. The highest BCUT2D eigenvalue weighted by molar-refractivity contribution is 6.30. The lowest BCUT2D eigenvalue weighted by Gasteiger charge is -2.02. The van der Waals surface area contributed by atoms with Gasteiger partial charge in [-0.05, 0) is 6.07 Å². The van der Waals surface area contributed by atoms with Gasteiger partial charge in [-0.15, -0.1) is 11.6 Å². The van der Waals surface area contributed by atoms with Gasteiger partial charge in [0, 0.05) is 6.07 Å². The van der Waals surface area contributed by atoms with Gasteiger partial charge >= 0.3 is 0 Å². The van der Waals surface area contributed by atoms with Gasteiger partial charge in [-0.1, -0.05) is 0 Å². The summed E-state index contributed by atoms with van der Waals surface area (Å²) in [6.07, 6.45) is 0. The molecule has 0 saturated heterocycles. The number of nitrogens with two attached hydrogens (primary N) is 1. The third kappa shape index (κ3) is 1.95. The largest absolute Gasteiger partial charge is 0.396 e. The maximum absolute atomic E-state index is 12.9. The molecule has 1 aromatic rings. The second-order valence-electron chi connectivity index (χ2n) is 2.41. The Bertz CT molecular complexity index is 354. The Morgan fingerprint density at radius 1 is 1.38 bits per heavy atom. The van der Waals surface area contributed by atoms with E-state index in [4.69, 9.17) is 17.3 Å². The van der Waals surface area contributed by atoms with Gasteiger partial charge in [0.05, 0.1) is 17.1 Å². The Kier molecular flexibility index (Phi) is 2.83. The number of carbonyl (C=O) groups excluding carboxylic acids is 1. The zero-order valence-corrected chi connectivity index (χ0v) is 7.24. The molecule has 70 valence electrons. The zero-order valence-electron chi connectivity index (χ0n) is 6.48. The van der Waals surface area contributed by atoms with Gasteiger partial charge in [0.25, 0.3) is 0 Å². The molecule has 2 N–H and O–H groups in total. The van der Waals surface area contributed by atoms with Crippen molar-refractivity contribution < 1.29 is 13.6 Å². The molecule has 5 heteroatoms. The van der Waals surface area contributed by atoms with Crippen molar-refractivity contribution in [2.24, 2.45) is 0 Å². The van der Waals surface area contributed by atoms with Crippen LogP contribution in [0.1, 0.15) is 10.4 Å². The molecular formula is C8H6ClF2NO. The predicted octanol–water partition coefficient (Wildman–Crippen LogP) is 1.97. The molecule has 1 aromatic carbocycles. The van der Waals surface area contributed by atoms with E-state index in [1.807, 2.05) is 0 Å². The smallest absolute Gasteiger partial charge is 0.180 e. The Morgan fingerprint density at radius 3 is 2.54 bits per heavy atom. The van der Waals surface area contributed by atoms with E-state index in [9.17, 15) is 13.6 Å². The molecule has 1 rings (SSSR count). The summed E-state index contributed by atoms with van der Waals surface area (Å²) in [6, 6.07) is 1.50. The van der Waals surface area contributed by atoms with Crippen molar-refractivity contribution in [3.8, 4) is 0 Å². The Hall–Kier alpha value is -1.16. The molecule has 0 aliphatic carbocycles. The molecule has 0 aromatic heterocycles. The summed E-state index contributed by atoms with van der Waals surface area (Å²) >= 11 is 5.20. The van der Waals surface area contributed by atoms with Crippen LogP contribution in [-0.2, 0) is 0 Å². The lowest BCUT2D eigenvalue weighted by molar-refractivity contribution is 0.101. The minimum Gasteiger partial charge on any atom is -0.396 e. The number of carbonyl (C=O) groups is 1. The fourth-order valence-corrected chi connectivity index (χ4v) is 0.995. The second kappa shape index (κ2) is 3.70. The average Bonchev–Trinajstić information content (AvgIpc) is 2.10. The summed E-state index contributed by atoms with van der Waals surface area (Å²) in [5.74, 6) is -2.81. The highest BCUT2D eigenvalue weighted by Gasteiger charge is 2.13. The summed E-state index contributed by atoms with van der Waals surface area (Å²) in [5, 5.41) is 0. The summed E-state index contributed by atoms with van der Waals surface area (Å²) in [7, 11) is 0. The number of anilines is 1. The van der Waals surface area contributed by atoms with Gasteiger partial charge in [0.1, 0.15) is 11.6 Å². The Balaban J connectivity index is 3.23. The molecule has 0 aliphatic heterocycles. The maximum atomic E-state index is 12.9.